The second-order valence-electron chi connectivity index (χ2n) is 6.12. The lowest BCUT2D eigenvalue weighted by molar-refractivity contribution is -0.137. The van der Waals surface area contributed by atoms with Crippen molar-refractivity contribution in [2.75, 3.05) is 0 Å². The van der Waals surface area contributed by atoms with E-state index < -0.39 is 11.9 Å². The number of benzene rings is 2. The molecule has 2 aromatic carbocycles. The Labute approximate surface area is 167 Å². The van der Waals surface area contributed by atoms with Gasteiger partial charge in [-0.15, -0.1) is 0 Å². The molecule has 0 atom stereocenters. The highest BCUT2D eigenvalue weighted by molar-refractivity contribution is 9.10. The predicted octanol–water partition coefficient (Wildman–Crippen LogP) is 4.00. The minimum atomic E-state index is -0.936. The Morgan fingerprint density at radius 2 is 2.04 bits per heavy atom. The summed E-state index contributed by atoms with van der Waals surface area (Å²) in [6.45, 7) is -0.157. The largest absolute Gasteiger partial charge is 0.480 e. The van der Waals surface area contributed by atoms with Crippen LogP contribution >= 0.6 is 15.9 Å². The van der Waals surface area contributed by atoms with Gasteiger partial charge in [-0.05, 0) is 30.3 Å². The van der Waals surface area contributed by atoms with Crippen molar-refractivity contribution < 1.29 is 19.1 Å². The Kier molecular flexibility index (Phi) is 4.70. The Morgan fingerprint density at radius 3 is 2.86 bits per heavy atom. The molecule has 2 aromatic heterocycles. The third-order valence-electron chi connectivity index (χ3n) is 4.20. The minimum absolute atomic E-state index is 0.151. The zero-order valence-electron chi connectivity index (χ0n) is 14.4. The van der Waals surface area contributed by atoms with Crippen molar-refractivity contribution in [2.24, 2.45) is 5.10 Å². The van der Waals surface area contributed by atoms with Gasteiger partial charge in [-0.25, -0.2) is 5.43 Å². The van der Waals surface area contributed by atoms with E-state index in [1.54, 1.807) is 22.9 Å². The molecular formula is C20H14BrN3O4. The molecule has 2 N–H and O–H groups in total. The lowest BCUT2D eigenvalue weighted by atomic mass is 10.2. The summed E-state index contributed by atoms with van der Waals surface area (Å²) >= 11 is 3.38. The summed E-state index contributed by atoms with van der Waals surface area (Å²) in [5, 5.41) is 14.7. The second-order valence-corrected chi connectivity index (χ2v) is 7.03. The van der Waals surface area contributed by atoms with E-state index in [-0.39, 0.29) is 12.3 Å². The number of aromatic nitrogens is 1. The zero-order valence-corrected chi connectivity index (χ0v) is 16.0. The van der Waals surface area contributed by atoms with E-state index in [4.69, 9.17) is 9.52 Å². The molecule has 2 heterocycles. The number of carboxylic acid groups (broad SMARTS) is 1. The van der Waals surface area contributed by atoms with E-state index in [0.717, 1.165) is 20.8 Å². The van der Waals surface area contributed by atoms with E-state index >= 15 is 0 Å². The number of carbonyl (C=O) groups is 2. The maximum atomic E-state index is 12.3. The van der Waals surface area contributed by atoms with Crippen LogP contribution in [0.25, 0.3) is 21.9 Å². The van der Waals surface area contributed by atoms with Crippen LogP contribution in [0, 0.1) is 0 Å². The van der Waals surface area contributed by atoms with Gasteiger partial charge in [0.05, 0.1) is 6.21 Å². The van der Waals surface area contributed by atoms with Crippen LogP contribution in [-0.4, -0.2) is 27.8 Å². The first kappa shape index (κ1) is 18.0. The normalized spacial score (nSPS) is 11.5. The Bertz CT molecular complexity index is 1240. The minimum Gasteiger partial charge on any atom is -0.480 e. The van der Waals surface area contributed by atoms with E-state index in [1.807, 2.05) is 36.4 Å². The number of nitrogens with one attached hydrogen (secondary N) is 1. The molecule has 7 nitrogen and oxygen atoms in total. The number of hydrogen-bond donors (Lipinski definition) is 2. The van der Waals surface area contributed by atoms with Gasteiger partial charge in [0.2, 0.25) is 0 Å². The van der Waals surface area contributed by atoms with E-state index in [2.05, 4.69) is 26.5 Å². The van der Waals surface area contributed by atoms with Gasteiger partial charge in [-0.2, -0.15) is 5.10 Å². The number of furan rings is 1. The van der Waals surface area contributed by atoms with Gasteiger partial charge in [0.25, 0.3) is 0 Å². The van der Waals surface area contributed by atoms with Gasteiger partial charge < -0.3 is 14.1 Å². The van der Waals surface area contributed by atoms with Crippen molar-refractivity contribution in [2.45, 2.75) is 6.54 Å². The van der Waals surface area contributed by atoms with Crippen LogP contribution in [0.15, 0.2) is 68.7 Å². The molecule has 1 amide bonds. The SMILES string of the molecule is O=C(O)Cn1cc(/C=N\NC(=O)c2cc3cc(Br)ccc3o2)c2ccccc21. The van der Waals surface area contributed by atoms with Gasteiger partial charge in [-0.1, -0.05) is 34.1 Å². The first-order chi connectivity index (χ1) is 13.5. The molecule has 0 saturated heterocycles. The summed E-state index contributed by atoms with van der Waals surface area (Å²) in [6.07, 6.45) is 3.17. The number of amides is 1. The fourth-order valence-corrected chi connectivity index (χ4v) is 3.38. The van der Waals surface area contributed by atoms with Gasteiger partial charge in [0.1, 0.15) is 12.1 Å². The first-order valence-corrected chi connectivity index (χ1v) is 9.13. The molecule has 0 saturated carbocycles. The number of halogens is 1. The second kappa shape index (κ2) is 7.32. The van der Waals surface area contributed by atoms with Crippen LogP contribution in [0.2, 0.25) is 0 Å². The van der Waals surface area contributed by atoms with E-state index in [9.17, 15) is 9.59 Å². The highest BCUT2D eigenvalue weighted by Crippen LogP contribution is 2.23. The fourth-order valence-electron chi connectivity index (χ4n) is 3.00. The number of carbonyl (C=O) groups excluding carboxylic acids is 1. The maximum Gasteiger partial charge on any atom is 0.323 e. The molecule has 0 bridgehead atoms. The summed E-state index contributed by atoms with van der Waals surface area (Å²) < 4.78 is 8.04. The molecule has 4 rings (SSSR count). The van der Waals surface area contributed by atoms with E-state index in [1.165, 1.54) is 6.21 Å². The highest BCUT2D eigenvalue weighted by atomic mass is 79.9. The van der Waals surface area contributed by atoms with Gasteiger partial charge in [-0.3, -0.25) is 9.59 Å². The Balaban J connectivity index is 1.55. The van der Waals surface area contributed by atoms with Crippen molar-refractivity contribution in [3.8, 4) is 0 Å². The van der Waals surface area contributed by atoms with E-state index in [0.29, 0.717) is 11.1 Å². The molecule has 0 spiro atoms. The lowest BCUT2D eigenvalue weighted by Crippen LogP contribution is -2.16. The smallest absolute Gasteiger partial charge is 0.323 e. The van der Waals surface area contributed by atoms with Crippen LogP contribution in [0.4, 0.5) is 0 Å². The lowest BCUT2D eigenvalue weighted by Gasteiger charge is -1.99. The highest BCUT2D eigenvalue weighted by Gasteiger charge is 2.12. The summed E-state index contributed by atoms with van der Waals surface area (Å²) in [7, 11) is 0. The van der Waals surface area contributed by atoms with Crippen LogP contribution in [0.5, 0.6) is 0 Å². The summed E-state index contributed by atoms with van der Waals surface area (Å²) in [4.78, 5) is 23.3. The molecular weight excluding hydrogens is 426 g/mol. The average molecular weight is 440 g/mol. The summed E-state index contributed by atoms with van der Waals surface area (Å²) in [5.41, 5.74) is 4.52. The number of rotatable bonds is 5. The number of hydrogen-bond acceptors (Lipinski definition) is 4. The standard InChI is InChI=1S/C20H14BrN3O4/c21-14-5-6-17-12(7-14)8-18(28-17)20(27)23-22-9-13-10-24(11-19(25)26)16-4-2-1-3-15(13)16/h1-10H,11H2,(H,23,27)(H,25,26)/b22-9-. The van der Waals surface area contributed by atoms with Crippen molar-refractivity contribution in [3.63, 3.8) is 0 Å². The molecule has 28 heavy (non-hydrogen) atoms. The topological polar surface area (TPSA) is 96.8 Å². The molecule has 8 heteroatoms. The predicted molar refractivity (Wildman–Crippen MR) is 109 cm³/mol. The molecule has 140 valence electrons. The third kappa shape index (κ3) is 3.54. The van der Waals surface area contributed by atoms with Gasteiger partial charge in [0.15, 0.2) is 5.76 Å². The number of fused-ring (bicyclic) bond motifs is 2. The number of nitrogens with zero attached hydrogens (tertiary/aromatic N) is 2. The Morgan fingerprint density at radius 1 is 1.21 bits per heavy atom. The number of para-hydroxylation sites is 1. The Hall–Kier alpha value is -3.39. The third-order valence-corrected chi connectivity index (χ3v) is 4.69. The average Bonchev–Trinajstić information content (AvgIpc) is 3.23. The summed E-state index contributed by atoms with van der Waals surface area (Å²) in [5.74, 6) is -1.26. The zero-order chi connectivity index (χ0) is 19.7. The quantitative estimate of drug-likeness (QED) is 0.362. The molecule has 4 aromatic rings. The molecule has 0 aliphatic heterocycles. The van der Waals surface area contributed by atoms with Crippen molar-refractivity contribution in [3.05, 3.63) is 70.5 Å². The van der Waals surface area contributed by atoms with Crippen molar-refractivity contribution in [1.29, 1.82) is 0 Å². The van der Waals surface area contributed by atoms with Crippen LogP contribution in [-0.2, 0) is 11.3 Å². The number of hydrazone groups is 1. The first-order valence-electron chi connectivity index (χ1n) is 8.33. The molecule has 0 aliphatic carbocycles. The monoisotopic (exact) mass is 439 g/mol. The molecule has 0 unspecified atom stereocenters. The van der Waals surface area contributed by atoms with Gasteiger partial charge >= 0.3 is 11.9 Å². The van der Waals surface area contributed by atoms with Crippen LogP contribution in [0.1, 0.15) is 16.1 Å². The van der Waals surface area contributed by atoms with Gasteiger partial charge in [0, 0.05) is 32.5 Å². The number of carboxylic acids is 1. The number of aliphatic carboxylic acids is 1. The molecule has 0 aliphatic rings. The van der Waals surface area contributed by atoms with Crippen molar-refractivity contribution in [1.82, 2.24) is 9.99 Å². The molecule has 0 fully saturated rings. The van der Waals surface area contributed by atoms with Crippen LogP contribution in [0.3, 0.4) is 0 Å². The summed E-state index contributed by atoms with van der Waals surface area (Å²) in [6, 6.07) is 14.5. The fraction of sp³-hybridized carbons (Fsp3) is 0.0500. The maximum absolute atomic E-state index is 12.3. The van der Waals surface area contributed by atoms with Crippen molar-refractivity contribution >= 4 is 55.9 Å². The molecule has 0 radical (unpaired) electrons. The van der Waals surface area contributed by atoms with Crippen LogP contribution < -0.4 is 5.43 Å².